The number of fused-ring (bicyclic) bond motifs is 1. The van der Waals surface area contributed by atoms with Crippen LogP contribution in [-0.4, -0.2) is 36.2 Å². The van der Waals surface area contributed by atoms with Crippen molar-refractivity contribution < 1.29 is 4.79 Å². The minimum Gasteiger partial charge on any atom is -0.338 e. The van der Waals surface area contributed by atoms with Crippen LogP contribution in [0.3, 0.4) is 0 Å². The quantitative estimate of drug-likeness (QED) is 0.852. The molecule has 1 aromatic rings. The Hall–Kier alpha value is -1.00. The number of rotatable bonds is 2. The third-order valence-electron chi connectivity index (χ3n) is 4.71. The van der Waals surface area contributed by atoms with Crippen molar-refractivity contribution in [3.63, 3.8) is 0 Å². The number of likely N-dealkylation sites (tertiary alicyclic amines) is 1. The minimum absolute atomic E-state index is 0.181. The average Bonchev–Trinajstić information content (AvgIpc) is 2.89. The molecule has 0 spiro atoms. The first-order valence-corrected chi connectivity index (χ1v) is 8.58. The normalized spacial score (nSPS) is 29.3. The number of carbonyl (C=O) groups is 1. The Morgan fingerprint density at radius 1 is 1.20 bits per heavy atom. The van der Waals surface area contributed by atoms with Crippen LogP contribution >= 0.6 is 11.8 Å². The lowest BCUT2D eigenvalue weighted by Gasteiger charge is -2.27. The molecule has 108 valence electrons. The Morgan fingerprint density at radius 3 is 2.60 bits per heavy atom. The van der Waals surface area contributed by atoms with E-state index in [4.69, 9.17) is 5.73 Å². The number of carbonyl (C=O) groups excluding carboxylic acids is 1. The second kappa shape index (κ2) is 5.78. The van der Waals surface area contributed by atoms with E-state index in [-0.39, 0.29) is 5.91 Å². The van der Waals surface area contributed by atoms with E-state index >= 15 is 0 Å². The lowest BCUT2D eigenvalue weighted by Crippen LogP contribution is -2.32. The van der Waals surface area contributed by atoms with Gasteiger partial charge in [-0.3, -0.25) is 4.79 Å². The molecule has 2 aliphatic rings. The lowest BCUT2D eigenvalue weighted by molar-refractivity contribution is 0.0784. The van der Waals surface area contributed by atoms with Crippen LogP contribution in [0.2, 0.25) is 0 Å². The zero-order valence-corrected chi connectivity index (χ0v) is 12.7. The number of amides is 1. The third kappa shape index (κ3) is 2.72. The molecule has 3 atom stereocenters. The first kappa shape index (κ1) is 14.0. The van der Waals surface area contributed by atoms with Crippen molar-refractivity contribution >= 4 is 17.7 Å². The van der Waals surface area contributed by atoms with Gasteiger partial charge in [0.2, 0.25) is 0 Å². The van der Waals surface area contributed by atoms with Gasteiger partial charge in [0.05, 0.1) is 0 Å². The molecule has 1 amide bonds. The van der Waals surface area contributed by atoms with Gasteiger partial charge >= 0.3 is 0 Å². The highest BCUT2D eigenvalue weighted by Gasteiger charge is 2.38. The largest absolute Gasteiger partial charge is 0.338 e. The second-order valence-corrected chi connectivity index (χ2v) is 6.91. The highest BCUT2D eigenvalue weighted by Crippen LogP contribution is 2.36. The zero-order valence-electron chi connectivity index (χ0n) is 11.9. The maximum Gasteiger partial charge on any atom is 0.253 e. The van der Waals surface area contributed by atoms with Crippen molar-refractivity contribution in [1.29, 1.82) is 0 Å². The van der Waals surface area contributed by atoms with Crippen LogP contribution in [0.25, 0.3) is 0 Å². The summed E-state index contributed by atoms with van der Waals surface area (Å²) < 4.78 is 0. The number of thioether (sulfide) groups is 1. The van der Waals surface area contributed by atoms with Crippen molar-refractivity contribution in [2.75, 3.05) is 19.3 Å². The molecule has 1 aromatic carbocycles. The second-order valence-electron chi connectivity index (χ2n) is 6.03. The number of nitrogens with two attached hydrogens (primary N) is 1. The molecular weight excluding hydrogens is 268 g/mol. The standard InChI is InChI=1S/C16H22N2OS/c1-20-15-6-3-11(4-7-15)16(19)18-9-12-2-5-14(17)8-13(12)10-18/h3-4,6-7,12-14H,2,5,8-10,17H2,1H3/t12-,13+,14?/m1/s1. The van der Waals surface area contributed by atoms with Gasteiger partial charge < -0.3 is 10.6 Å². The Kier molecular flexibility index (Phi) is 4.03. The SMILES string of the molecule is CSc1ccc(C(=O)N2C[C@H]3CCC(N)C[C@H]3C2)cc1. The van der Waals surface area contributed by atoms with Gasteiger partial charge in [-0.15, -0.1) is 11.8 Å². The summed E-state index contributed by atoms with van der Waals surface area (Å²) in [7, 11) is 0. The van der Waals surface area contributed by atoms with Crippen molar-refractivity contribution in [3.8, 4) is 0 Å². The zero-order chi connectivity index (χ0) is 14.1. The summed E-state index contributed by atoms with van der Waals surface area (Å²) >= 11 is 1.70. The van der Waals surface area contributed by atoms with Gasteiger partial charge in [0.25, 0.3) is 5.91 Å². The summed E-state index contributed by atoms with van der Waals surface area (Å²) in [4.78, 5) is 15.8. The molecule has 3 rings (SSSR count). The van der Waals surface area contributed by atoms with Crippen molar-refractivity contribution in [1.82, 2.24) is 4.90 Å². The molecule has 0 aromatic heterocycles. The Morgan fingerprint density at radius 2 is 1.90 bits per heavy atom. The van der Waals surface area contributed by atoms with Crippen LogP contribution in [0.15, 0.2) is 29.2 Å². The monoisotopic (exact) mass is 290 g/mol. The molecule has 20 heavy (non-hydrogen) atoms. The number of hydrogen-bond donors (Lipinski definition) is 1. The fourth-order valence-electron chi connectivity index (χ4n) is 3.55. The minimum atomic E-state index is 0.181. The molecule has 1 aliphatic heterocycles. The van der Waals surface area contributed by atoms with Gasteiger partial charge in [0.15, 0.2) is 0 Å². The van der Waals surface area contributed by atoms with Gasteiger partial charge in [0.1, 0.15) is 0 Å². The summed E-state index contributed by atoms with van der Waals surface area (Å²) in [6, 6.07) is 8.28. The van der Waals surface area contributed by atoms with E-state index in [1.54, 1.807) is 11.8 Å². The first-order valence-electron chi connectivity index (χ1n) is 7.36. The Balaban J connectivity index is 1.68. The molecular formula is C16H22N2OS. The maximum atomic E-state index is 12.6. The van der Waals surface area contributed by atoms with Crippen molar-refractivity contribution in [3.05, 3.63) is 29.8 Å². The molecule has 1 heterocycles. The predicted octanol–water partition coefficient (Wildman–Crippen LogP) is 2.61. The highest BCUT2D eigenvalue weighted by atomic mass is 32.2. The fraction of sp³-hybridized carbons (Fsp3) is 0.562. The predicted molar refractivity (Wildman–Crippen MR) is 82.9 cm³/mol. The summed E-state index contributed by atoms with van der Waals surface area (Å²) in [6.07, 6.45) is 5.43. The van der Waals surface area contributed by atoms with E-state index in [1.807, 2.05) is 35.4 Å². The molecule has 1 saturated heterocycles. The Bertz CT molecular complexity index is 488. The maximum absolute atomic E-state index is 12.6. The molecule has 2 N–H and O–H groups in total. The van der Waals surface area contributed by atoms with Gasteiger partial charge in [0, 0.05) is 29.6 Å². The van der Waals surface area contributed by atoms with Crippen LogP contribution in [0.5, 0.6) is 0 Å². The molecule has 1 unspecified atom stereocenters. The van der Waals surface area contributed by atoms with Crippen LogP contribution in [0.1, 0.15) is 29.6 Å². The molecule has 1 saturated carbocycles. The van der Waals surface area contributed by atoms with E-state index < -0.39 is 0 Å². The number of nitrogens with zero attached hydrogens (tertiary/aromatic N) is 1. The molecule has 3 nitrogen and oxygen atoms in total. The Labute approximate surface area is 124 Å². The first-order chi connectivity index (χ1) is 9.67. The molecule has 2 fully saturated rings. The summed E-state index contributed by atoms with van der Waals surface area (Å²) in [6.45, 7) is 1.81. The topological polar surface area (TPSA) is 46.3 Å². The van der Waals surface area contributed by atoms with E-state index in [1.165, 1.54) is 11.3 Å². The van der Waals surface area contributed by atoms with E-state index in [0.717, 1.165) is 31.5 Å². The summed E-state index contributed by atoms with van der Waals surface area (Å²) in [5, 5.41) is 0. The van der Waals surface area contributed by atoms with Crippen LogP contribution in [-0.2, 0) is 0 Å². The van der Waals surface area contributed by atoms with Gasteiger partial charge in [-0.25, -0.2) is 0 Å². The van der Waals surface area contributed by atoms with Gasteiger partial charge in [-0.2, -0.15) is 0 Å². The molecule has 4 heteroatoms. The van der Waals surface area contributed by atoms with E-state index in [2.05, 4.69) is 0 Å². The van der Waals surface area contributed by atoms with Crippen LogP contribution in [0.4, 0.5) is 0 Å². The van der Waals surface area contributed by atoms with E-state index in [9.17, 15) is 4.79 Å². The summed E-state index contributed by atoms with van der Waals surface area (Å²) in [5.41, 5.74) is 6.86. The smallest absolute Gasteiger partial charge is 0.253 e. The average molecular weight is 290 g/mol. The number of hydrogen-bond acceptors (Lipinski definition) is 3. The van der Waals surface area contributed by atoms with Gasteiger partial charge in [-0.05, 0) is 61.6 Å². The fourth-order valence-corrected chi connectivity index (χ4v) is 3.96. The van der Waals surface area contributed by atoms with Crippen LogP contribution in [0, 0.1) is 11.8 Å². The molecule has 1 aliphatic carbocycles. The number of benzene rings is 1. The molecule has 0 radical (unpaired) electrons. The molecule has 0 bridgehead atoms. The lowest BCUT2D eigenvalue weighted by atomic mass is 9.79. The van der Waals surface area contributed by atoms with E-state index in [0.29, 0.717) is 17.9 Å². The summed E-state index contributed by atoms with van der Waals surface area (Å²) in [5.74, 6) is 1.47. The van der Waals surface area contributed by atoms with Gasteiger partial charge in [-0.1, -0.05) is 0 Å². The van der Waals surface area contributed by atoms with Crippen molar-refractivity contribution in [2.45, 2.75) is 30.2 Å². The third-order valence-corrected chi connectivity index (χ3v) is 5.46. The van der Waals surface area contributed by atoms with Crippen molar-refractivity contribution in [2.24, 2.45) is 17.6 Å². The highest BCUT2D eigenvalue weighted by molar-refractivity contribution is 7.98. The van der Waals surface area contributed by atoms with Crippen LogP contribution < -0.4 is 5.73 Å².